The average Bonchev–Trinajstić information content (AvgIpc) is 3.43. The van der Waals surface area contributed by atoms with E-state index in [0.717, 1.165) is 16.7 Å². The van der Waals surface area contributed by atoms with Gasteiger partial charge in [-0.15, -0.1) is 0 Å². The highest BCUT2D eigenvalue weighted by molar-refractivity contribution is 5.79. The van der Waals surface area contributed by atoms with E-state index in [9.17, 15) is 9.59 Å². The zero-order valence-corrected chi connectivity index (χ0v) is 18.7. The summed E-state index contributed by atoms with van der Waals surface area (Å²) in [6.07, 6.45) is -0.651. The fraction of sp³-hybridized carbons (Fsp3) is 0.417. The number of carbonyl (C=O) groups excluding carboxylic acids is 2. The van der Waals surface area contributed by atoms with Gasteiger partial charge in [0.15, 0.2) is 23.0 Å². The number of rotatable bonds is 5. The molecule has 4 atom stereocenters. The Morgan fingerprint density at radius 3 is 2.12 bits per heavy atom. The first kappa shape index (κ1) is 21.2. The molecule has 9 nitrogen and oxygen atoms in total. The molecule has 0 bridgehead atoms. The van der Waals surface area contributed by atoms with E-state index >= 15 is 0 Å². The summed E-state index contributed by atoms with van der Waals surface area (Å²) >= 11 is 0. The maximum atomic E-state index is 13.0. The smallest absolute Gasteiger partial charge is 0.310 e. The number of cyclic esters (lactones) is 1. The Hall–Kier alpha value is -3.62. The number of esters is 2. The van der Waals surface area contributed by atoms with Crippen LogP contribution < -0.4 is 23.7 Å². The highest BCUT2D eigenvalue weighted by Crippen LogP contribution is 2.56. The minimum Gasteiger partial charge on any atom is -0.493 e. The number of carbonyl (C=O) groups is 2. The molecule has 0 unspecified atom stereocenters. The van der Waals surface area contributed by atoms with E-state index in [2.05, 4.69) is 0 Å². The zero-order chi connectivity index (χ0) is 23.3. The van der Waals surface area contributed by atoms with E-state index in [1.165, 1.54) is 28.3 Å². The van der Waals surface area contributed by atoms with Crippen LogP contribution in [0, 0.1) is 11.8 Å². The standard InChI is InChI=1S/C24H24O9/c1-11(25)33-22-14-8-17-16(31-10-32-17)7-13(14)20(21-15(22)9-30-24(21)26)12-5-18(27-2)23(29-4)19(6-12)28-3/h5-8,15,20-22H,9-10H2,1-4H3/t15-,20-,21-,22-/m0/s1. The summed E-state index contributed by atoms with van der Waals surface area (Å²) in [5.41, 5.74) is 2.33. The van der Waals surface area contributed by atoms with Crippen molar-refractivity contribution in [1.82, 2.24) is 0 Å². The van der Waals surface area contributed by atoms with Crippen molar-refractivity contribution in [2.24, 2.45) is 11.8 Å². The molecule has 0 aromatic heterocycles. The molecular weight excluding hydrogens is 432 g/mol. The molecule has 5 rings (SSSR count). The molecule has 1 fully saturated rings. The van der Waals surface area contributed by atoms with Crippen LogP contribution in [0.2, 0.25) is 0 Å². The molecule has 3 aliphatic rings. The maximum absolute atomic E-state index is 13.0. The largest absolute Gasteiger partial charge is 0.493 e. The van der Waals surface area contributed by atoms with E-state index in [1.807, 2.05) is 24.3 Å². The zero-order valence-electron chi connectivity index (χ0n) is 18.7. The molecule has 0 radical (unpaired) electrons. The average molecular weight is 456 g/mol. The minimum atomic E-state index is -0.651. The molecular formula is C24H24O9. The Balaban J connectivity index is 1.75. The van der Waals surface area contributed by atoms with Gasteiger partial charge < -0.3 is 33.2 Å². The van der Waals surface area contributed by atoms with E-state index < -0.39 is 23.9 Å². The quantitative estimate of drug-likeness (QED) is 0.629. The molecule has 2 heterocycles. The fourth-order valence-corrected chi connectivity index (χ4v) is 5.12. The number of fused-ring (bicyclic) bond motifs is 3. The second-order valence-corrected chi connectivity index (χ2v) is 8.12. The Morgan fingerprint density at radius 2 is 1.55 bits per heavy atom. The van der Waals surface area contributed by atoms with E-state index in [1.54, 1.807) is 0 Å². The number of hydrogen-bond donors (Lipinski definition) is 0. The molecule has 33 heavy (non-hydrogen) atoms. The van der Waals surface area contributed by atoms with Gasteiger partial charge in [0.25, 0.3) is 0 Å². The first-order chi connectivity index (χ1) is 16.0. The van der Waals surface area contributed by atoms with Crippen molar-refractivity contribution < 1.29 is 42.7 Å². The molecule has 0 saturated carbocycles. The first-order valence-corrected chi connectivity index (χ1v) is 10.5. The van der Waals surface area contributed by atoms with Gasteiger partial charge in [-0.05, 0) is 35.4 Å². The molecule has 0 spiro atoms. The van der Waals surface area contributed by atoms with E-state index in [0.29, 0.717) is 28.7 Å². The van der Waals surface area contributed by atoms with Crippen LogP contribution >= 0.6 is 0 Å². The van der Waals surface area contributed by atoms with Crippen LogP contribution in [-0.4, -0.2) is 46.7 Å². The van der Waals surface area contributed by atoms with Crippen molar-refractivity contribution in [1.29, 1.82) is 0 Å². The summed E-state index contributed by atoms with van der Waals surface area (Å²) in [6, 6.07) is 7.34. The van der Waals surface area contributed by atoms with Gasteiger partial charge in [-0.3, -0.25) is 9.59 Å². The molecule has 2 aliphatic heterocycles. The highest BCUT2D eigenvalue weighted by Gasteiger charge is 2.54. The Morgan fingerprint density at radius 1 is 0.909 bits per heavy atom. The van der Waals surface area contributed by atoms with Gasteiger partial charge in [-0.1, -0.05) is 0 Å². The number of ether oxygens (including phenoxy) is 7. The lowest BCUT2D eigenvalue weighted by Gasteiger charge is -2.38. The van der Waals surface area contributed by atoms with Crippen molar-refractivity contribution in [3.63, 3.8) is 0 Å². The Kier molecular flexibility index (Phi) is 5.19. The predicted octanol–water partition coefficient (Wildman–Crippen LogP) is 2.98. The molecule has 0 amide bonds. The number of hydrogen-bond acceptors (Lipinski definition) is 9. The van der Waals surface area contributed by atoms with Crippen LogP contribution in [0.5, 0.6) is 28.7 Å². The molecule has 1 aliphatic carbocycles. The van der Waals surface area contributed by atoms with Crippen LogP contribution in [0.15, 0.2) is 24.3 Å². The first-order valence-electron chi connectivity index (χ1n) is 10.5. The van der Waals surface area contributed by atoms with Crippen LogP contribution in [0.25, 0.3) is 0 Å². The van der Waals surface area contributed by atoms with Gasteiger partial charge in [0.1, 0.15) is 6.10 Å². The molecule has 2 aromatic carbocycles. The van der Waals surface area contributed by atoms with Crippen molar-refractivity contribution >= 4 is 11.9 Å². The minimum absolute atomic E-state index is 0.0974. The van der Waals surface area contributed by atoms with Gasteiger partial charge in [-0.25, -0.2) is 0 Å². The number of benzene rings is 2. The van der Waals surface area contributed by atoms with Crippen molar-refractivity contribution in [3.8, 4) is 28.7 Å². The third kappa shape index (κ3) is 3.30. The monoisotopic (exact) mass is 456 g/mol. The molecule has 174 valence electrons. The van der Waals surface area contributed by atoms with Gasteiger partial charge in [-0.2, -0.15) is 0 Å². The summed E-state index contributed by atoms with van der Waals surface area (Å²) in [5.74, 6) is 0.383. The lowest BCUT2D eigenvalue weighted by molar-refractivity contribution is -0.152. The van der Waals surface area contributed by atoms with Crippen LogP contribution in [0.1, 0.15) is 35.6 Å². The van der Waals surface area contributed by atoms with Crippen LogP contribution in [-0.2, 0) is 19.1 Å². The Bertz CT molecular complexity index is 1100. The summed E-state index contributed by atoms with van der Waals surface area (Å²) < 4.78 is 38.9. The molecule has 0 N–H and O–H groups in total. The lowest BCUT2D eigenvalue weighted by Crippen LogP contribution is -2.36. The van der Waals surface area contributed by atoms with Crippen molar-refractivity contribution in [2.75, 3.05) is 34.7 Å². The molecule has 9 heteroatoms. The SMILES string of the molecule is COc1cc([C@H]2c3cc4c(cc3[C@H](OC(C)=O)[C@H]3COC(=O)[C@H]23)OCO4)cc(OC)c1OC. The third-order valence-corrected chi connectivity index (χ3v) is 6.46. The predicted molar refractivity (Wildman–Crippen MR) is 113 cm³/mol. The second-order valence-electron chi connectivity index (χ2n) is 8.12. The van der Waals surface area contributed by atoms with Crippen molar-refractivity contribution in [3.05, 3.63) is 41.0 Å². The normalized spacial score (nSPS) is 24.4. The van der Waals surface area contributed by atoms with E-state index in [-0.39, 0.29) is 25.3 Å². The van der Waals surface area contributed by atoms with Gasteiger partial charge >= 0.3 is 11.9 Å². The topological polar surface area (TPSA) is 98.8 Å². The lowest BCUT2D eigenvalue weighted by atomic mass is 9.66. The van der Waals surface area contributed by atoms with Crippen LogP contribution in [0.4, 0.5) is 0 Å². The van der Waals surface area contributed by atoms with Gasteiger partial charge in [0, 0.05) is 24.3 Å². The summed E-state index contributed by atoms with van der Waals surface area (Å²) in [6.45, 7) is 1.60. The summed E-state index contributed by atoms with van der Waals surface area (Å²) in [5, 5.41) is 0. The van der Waals surface area contributed by atoms with E-state index in [4.69, 9.17) is 33.2 Å². The third-order valence-electron chi connectivity index (χ3n) is 6.46. The maximum Gasteiger partial charge on any atom is 0.310 e. The summed E-state index contributed by atoms with van der Waals surface area (Å²) in [4.78, 5) is 25.0. The second kappa shape index (κ2) is 8.06. The van der Waals surface area contributed by atoms with Crippen LogP contribution in [0.3, 0.4) is 0 Å². The molecule has 2 aromatic rings. The number of methoxy groups -OCH3 is 3. The van der Waals surface area contributed by atoms with Gasteiger partial charge in [0.05, 0.1) is 33.9 Å². The fourth-order valence-electron chi connectivity index (χ4n) is 5.12. The van der Waals surface area contributed by atoms with Gasteiger partial charge in [0.2, 0.25) is 12.5 Å². The summed E-state index contributed by atoms with van der Waals surface area (Å²) in [7, 11) is 4.61. The Labute approximate surface area is 190 Å². The highest BCUT2D eigenvalue weighted by atomic mass is 16.7. The molecule has 1 saturated heterocycles. The van der Waals surface area contributed by atoms with Crippen molar-refractivity contribution in [2.45, 2.75) is 18.9 Å².